The van der Waals surface area contributed by atoms with E-state index in [2.05, 4.69) is 11.8 Å². The van der Waals surface area contributed by atoms with E-state index in [9.17, 15) is 8.42 Å². The van der Waals surface area contributed by atoms with Crippen molar-refractivity contribution in [1.82, 2.24) is 9.21 Å². The Morgan fingerprint density at radius 1 is 1.33 bits per heavy atom. The van der Waals surface area contributed by atoms with Gasteiger partial charge in [0.2, 0.25) is 10.0 Å². The van der Waals surface area contributed by atoms with Gasteiger partial charge in [0.1, 0.15) is 4.90 Å². The molecule has 0 bridgehead atoms. The van der Waals surface area contributed by atoms with Crippen LogP contribution < -0.4 is 5.73 Å². The molecule has 1 fully saturated rings. The highest BCUT2D eigenvalue weighted by Crippen LogP contribution is 2.28. The van der Waals surface area contributed by atoms with Crippen LogP contribution in [0.25, 0.3) is 0 Å². The second-order valence-corrected chi connectivity index (χ2v) is 7.61. The first kappa shape index (κ1) is 16.3. The summed E-state index contributed by atoms with van der Waals surface area (Å²) in [4.78, 5) is 2.60. The highest BCUT2D eigenvalue weighted by molar-refractivity contribution is 7.89. The number of piperidine rings is 1. The summed E-state index contributed by atoms with van der Waals surface area (Å²) in [7, 11) is -1.86. The van der Waals surface area contributed by atoms with Gasteiger partial charge < -0.3 is 10.6 Å². The first-order valence-electron chi connectivity index (χ1n) is 7.43. The Balaban J connectivity index is 2.24. The van der Waals surface area contributed by atoms with Crippen LogP contribution in [-0.2, 0) is 10.0 Å². The Morgan fingerprint density at radius 3 is 2.48 bits per heavy atom. The van der Waals surface area contributed by atoms with E-state index in [-0.39, 0.29) is 10.9 Å². The number of hydrogen-bond acceptors (Lipinski definition) is 4. The zero-order valence-electron chi connectivity index (χ0n) is 13.0. The van der Waals surface area contributed by atoms with Crippen LogP contribution in [0, 0.1) is 6.92 Å². The van der Waals surface area contributed by atoms with Crippen molar-refractivity contribution < 1.29 is 8.42 Å². The summed E-state index contributed by atoms with van der Waals surface area (Å²) in [6, 6.07) is 5.27. The van der Waals surface area contributed by atoms with Crippen LogP contribution in [0.2, 0.25) is 0 Å². The zero-order valence-corrected chi connectivity index (χ0v) is 13.9. The number of aryl methyl sites for hydroxylation is 1. The second-order valence-electron chi connectivity index (χ2n) is 5.68. The minimum absolute atomic E-state index is 0.0526. The summed E-state index contributed by atoms with van der Waals surface area (Å²) in [5.74, 6) is 0. The molecule has 21 heavy (non-hydrogen) atoms. The monoisotopic (exact) mass is 311 g/mol. The van der Waals surface area contributed by atoms with E-state index in [1.807, 2.05) is 0 Å². The van der Waals surface area contributed by atoms with Crippen LogP contribution in [0.4, 0.5) is 5.69 Å². The maximum absolute atomic E-state index is 12.9. The predicted molar refractivity (Wildman–Crippen MR) is 85.7 cm³/mol. The Kier molecular flexibility index (Phi) is 4.91. The molecule has 118 valence electrons. The van der Waals surface area contributed by atoms with E-state index in [1.165, 1.54) is 4.31 Å². The van der Waals surface area contributed by atoms with Gasteiger partial charge >= 0.3 is 0 Å². The van der Waals surface area contributed by atoms with Crippen molar-refractivity contribution in [1.29, 1.82) is 0 Å². The van der Waals surface area contributed by atoms with Gasteiger partial charge in [-0.15, -0.1) is 0 Å². The molecule has 0 atom stereocenters. The standard InChI is InChI=1S/C15H25N3O2S/c1-4-18-10-8-13(9-11-18)17(3)21(19,20)15-12(2)6-5-7-14(15)16/h5-7,13H,4,8-11,16H2,1-3H3. The van der Waals surface area contributed by atoms with Crippen molar-refractivity contribution in [2.24, 2.45) is 0 Å². The normalized spacial score (nSPS) is 18.3. The maximum Gasteiger partial charge on any atom is 0.245 e. The molecule has 0 saturated carbocycles. The third kappa shape index (κ3) is 3.22. The second kappa shape index (κ2) is 6.34. The molecule has 1 heterocycles. The van der Waals surface area contributed by atoms with Gasteiger partial charge in [0.15, 0.2) is 0 Å². The molecule has 1 aliphatic heterocycles. The summed E-state index contributed by atoms with van der Waals surface area (Å²) in [5, 5.41) is 0. The van der Waals surface area contributed by atoms with Crippen LogP contribution in [0.5, 0.6) is 0 Å². The molecule has 0 unspecified atom stereocenters. The van der Waals surface area contributed by atoms with Crippen molar-refractivity contribution in [2.75, 3.05) is 32.4 Å². The lowest BCUT2D eigenvalue weighted by Crippen LogP contribution is -2.45. The molecule has 0 aromatic heterocycles. The lowest BCUT2D eigenvalue weighted by atomic mass is 10.1. The van der Waals surface area contributed by atoms with Gasteiger partial charge in [-0.2, -0.15) is 4.31 Å². The van der Waals surface area contributed by atoms with Crippen LogP contribution in [0.3, 0.4) is 0 Å². The van der Waals surface area contributed by atoms with Gasteiger partial charge in [-0.05, 0) is 51.0 Å². The molecule has 1 aliphatic rings. The van der Waals surface area contributed by atoms with Crippen molar-refractivity contribution in [2.45, 2.75) is 37.6 Å². The molecule has 1 aromatic carbocycles. The Labute approximate surface area is 127 Å². The van der Waals surface area contributed by atoms with Gasteiger partial charge in [-0.25, -0.2) is 8.42 Å². The van der Waals surface area contributed by atoms with Gasteiger partial charge in [-0.3, -0.25) is 0 Å². The van der Waals surface area contributed by atoms with E-state index in [0.29, 0.717) is 11.3 Å². The number of likely N-dealkylation sites (tertiary alicyclic amines) is 1. The third-order valence-electron chi connectivity index (χ3n) is 4.40. The summed E-state index contributed by atoms with van der Waals surface area (Å²) in [6.07, 6.45) is 1.74. The van der Waals surface area contributed by atoms with Crippen LogP contribution in [-0.4, -0.2) is 50.3 Å². The van der Waals surface area contributed by atoms with E-state index in [1.54, 1.807) is 32.2 Å². The fourth-order valence-corrected chi connectivity index (χ4v) is 4.70. The van der Waals surface area contributed by atoms with Gasteiger partial charge in [-0.1, -0.05) is 19.1 Å². The number of rotatable bonds is 4. The molecular weight excluding hydrogens is 286 g/mol. The number of hydrogen-bond donors (Lipinski definition) is 1. The molecule has 0 radical (unpaired) electrons. The van der Waals surface area contributed by atoms with Crippen molar-refractivity contribution in [3.05, 3.63) is 23.8 Å². The highest BCUT2D eigenvalue weighted by Gasteiger charge is 2.32. The molecule has 0 amide bonds. The zero-order chi connectivity index (χ0) is 15.6. The molecule has 0 aliphatic carbocycles. The summed E-state index contributed by atoms with van der Waals surface area (Å²) in [6.45, 7) is 6.84. The number of nitrogens with two attached hydrogens (primary N) is 1. The molecule has 2 N–H and O–H groups in total. The van der Waals surface area contributed by atoms with E-state index >= 15 is 0 Å². The molecule has 5 nitrogen and oxygen atoms in total. The number of benzene rings is 1. The van der Waals surface area contributed by atoms with Gasteiger partial charge in [0.25, 0.3) is 0 Å². The Morgan fingerprint density at radius 2 is 1.95 bits per heavy atom. The van der Waals surface area contributed by atoms with Crippen molar-refractivity contribution in [3.63, 3.8) is 0 Å². The molecule has 1 aromatic rings. The SMILES string of the molecule is CCN1CCC(N(C)S(=O)(=O)c2c(C)cccc2N)CC1. The number of sulfonamides is 1. The topological polar surface area (TPSA) is 66.6 Å². The van der Waals surface area contributed by atoms with Crippen molar-refractivity contribution in [3.8, 4) is 0 Å². The minimum atomic E-state index is -3.53. The summed E-state index contributed by atoms with van der Waals surface area (Å²) >= 11 is 0. The third-order valence-corrected chi connectivity index (χ3v) is 6.53. The smallest absolute Gasteiger partial charge is 0.245 e. The average molecular weight is 311 g/mol. The summed E-state index contributed by atoms with van der Waals surface area (Å²) in [5.41, 5.74) is 6.93. The Bertz CT molecular complexity index is 573. The quantitative estimate of drug-likeness (QED) is 0.859. The minimum Gasteiger partial charge on any atom is -0.398 e. The van der Waals surface area contributed by atoms with E-state index < -0.39 is 10.0 Å². The number of nitrogen functional groups attached to an aromatic ring is 1. The molecule has 6 heteroatoms. The fourth-order valence-electron chi connectivity index (χ4n) is 2.97. The number of nitrogens with zero attached hydrogens (tertiary/aromatic N) is 2. The predicted octanol–water partition coefficient (Wildman–Crippen LogP) is 1.68. The maximum atomic E-state index is 12.9. The lowest BCUT2D eigenvalue weighted by molar-refractivity contribution is 0.176. The Hall–Kier alpha value is -1.11. The van der Waals surface area contributed by atoms with Crippen LogP contribution >= 0.6 is 0 Å². The highest BCUT2D eigenvalue weighted by atomic mass is 32.2. The van der Waals surface area contributed by atoms with Gasteiger partial charge in [0.05, 0.1) is 5.69 Å². The van der Waals surface area contributed by atoms with Crippen molar-refractivity contribution >= 4 is 15.7 Å². The molecular formula is C15H25N3O2S. The number of anilines is 1. The van der Waals surface area contributed by atoms with Crippen LogP contribution in [0.15, 0.2) is 23.1 Å². The first-order chi connectivity index (χ1) is 9.87. The first-order valence-corrected chi connectivity index (χ1v) is 8.87. The average Bonchev–Trinajstić information content (AvgIpc) is 2.46. The van der Waals surface area contributed by atoms with Gasteiger partial charge in [0, 0.05) is 13.1 Å². The molecule has 2 rings (SSSR count). The summed E-state index contributed by atoms with van der Waals surface area (Å²) < 4.78 is 27.2. The fraction of sp³-hybridized carbons (Fsp3) is 0.600. The molecule has 1 saturated heterocycles. The lowest BCUT2D eigenvalue weighted by Gasteiger charge is -2.35. The largest absolute Gasteiger partial charge is 0.398 e. The molecule has 0 spiro atoms. The van der Waals surface area contributed by atoms with E-state index in [4.69, 9.17) is 5.73 Å². The van der Waals surface area contributed by atoms with E-state index in [0.717, 1.165) is 32.5 Å². The van der Waals surface area contributed by atoms with Crippen LogP contribution in [0.1, 0.15) is 25.3 Å².